The lowest BCUT2D eigenvalue weighted by molar-refractivity contribution is -0.145. The van der Waals surface area contributed by atoms with Gasteiger partial charge in [0.25, 0.3) is 0 Å². The van der Waals surface area contributed by atoms with E-state index in [1.54, 1.807) is 41.5 Å². The molecule has 0 N–H and O–H groups in total. The van der Waals surface area contributed by atoms with E-state index in [1.165, 1.54) is 27.2 Å². The highest BCUT2D eigenvalue weighted by molar-refractivity contribution is 7.57. The van der Waals surface area contributed by atoms with Crippen molar-refractivity contribution in [2.45, 2.75) is 65.7 Å². The third kappa shape index (κ3) is 9.79. The van der Waals surface area contributed by atoms with E-state index < -0.39 is 37.1 Å². The highest BCUT2D eigenvalue weighted by atomic mass is 31.2. The number of rotatable bonds is 5. The van der Waals surface area contributed by atoms with E-state index in [9.17, 15) is 14.2 Å². The first-order valence-electron chi connectivity index (χ1n) is 7.96. The quantitative estimate of drug-likeness (QED) is 0.382. The van der Waals surface area contributed by atoms with E-state index in [0.29, 0.717) is 5.06 Å². The minimum atomic E-state index is -3.44. The van der Waals surface area contributed by atoms with Crippen LogP contribution < -0.4 is 0 Å². The first kappa shape index (κ1) is 24.4. The number of carbonyl (C=O) groups excluding carboxylic acids is 2. The van der Waals surface area contributed by atoms with Crippen molar-refractivity contribution in [1.29, 1.82) is 0 Å². The molecule has 0 heterocycles. The van der Waals surface area contributed by atoms with E-state index in [1.807, 2.05) is 0 Å². The SMILES string of the molecule is COP(=O)(/C=C\C(C)N(OC(=O)OC(C)(C)C)C(=O)OC(C)(C)C)OC. The molecule has 1 atom stereocenters. The van der Waals surface area contributed by atoms with Gasteiger partial charge in [0, 0.05) is 20.0 Å². The molecule has 0 spiro atoms. The lowest BCUT2D eigenvalue weighted by Gasteiger charge is -2.29. The number of carbonyl (C=O) groups is 2. The molecule has 0 saturated carbocycles. The third-order valence-corrected chi connectivity index (χ3v) is 4.12. The van der Waals surface area contributed by atoms with Crippen molar-refractivity contribution in [1.82, 2.24) is 5.06 Å². The van der Waals surface area contributed by atoms with Crippen LogP contribution in [0.4, 0.5) is 9.59 Å². The maximum absolute atomic E-state index is 12.4. The van der Waals surface area contributed by atoms with E-state index in [0.717, 1.165) is 5.82 Å². The Balaban J connectivity index is 5.43. The Morgan fingerprint density at radius 3 is 1.81 bits per heavy atom. The van der Waals surface area contributed by atoms with Gasteiger partial charge < -0.3 is 18.5 Å². The Labute approximate surface area is 155 Å². The highest BCUT2D eigenvalue weighted by Crippen LogP contribution is 2.48. The summed E-state index contributed by atoms with van der Waals surface area (Å²) < 4.78 is 31.9. The topological polar surface area (TPSA) is 101 Å². The highest BCUT2D eigenvalue weighted by Gasteiger charge is 2.31. The molecule has 0 aromatic rings. The summed E-state index contributed by atoms with van der Waals surface area (Å²) in [4.78, 5) is 29.3. The predicted octanol–water partition coefficient (Wildman–Crippen LogP) is 4.48. The van der Waals surface area contributed by atoms with Gasteiger partial charge in [-0.05, 0) is 48.5 Å². The molecule has 0 saturated heterocycles. The average molecular weight is 395 g/mol. The molecule has 0 aliphatic carbocycles. The van der Waals surface area contributed by atoms with Gasteiger partial charge in [-0.1, -0.05) is 6.08 Å². The van der Waals surface area contributed by atoms with Gasteiger partial charge in [-0.25, -0.2) is 9.59 Å². The van der Waals surface area contributed by atoms with Gasteiger partial charge in [0.1, 0.15) is 11.2 Å². The molecular formula is C16H30NO8P. The second-order valence-corrected chi connectivity index (χ2v) is 9.46. The fourth-order valence-electron chi connectivity index (χ4n) is 1.45. The van der Waals surface area contributed by atoms with E-state index in [-0.39, 0.29) is 0 Å². The van der Waals surface area contributed by atoms with Gasteiger partial charge in [0.15, 0.2) is 0 Å². The van der Waals surface area contributed by atoms with Gasteiger partial charge >= 0.3 is 19.8 Å². The fourth-order valence-corrected chi connectivity index (χ4v) is 2.30. The maximum atomic E-state index is 12.4. The van der Waals surface area contributed by atoms with E-state index in [2.05, 4.69) is 0 Å². The Morgan fingerprint density at radius 1 is 0.962 bits per heavy atom. The molecule has 0 fully saturated rings. The molecule has 0 radical (unpaired) electrons. The molecule has 0 aromatic carbocycles. The Hall–Kier alpha value is -1.57. The second kappa shape index (κ2) is 9.39. The first-order valence-corrected chi connectivity index (χ1v) is 9.57. The van der Waals surface area contributed by atoms with Gasteiger partial charge in [-0.15, -0.1) is 5.06 Å². The zero-order chi connectivity index (χ0) is 20.8. The minimum absolute atomic E-state index is 0.686. The largest absolute Gasteiger partial charge is 0.534 e. The van der Waals surface area contributed by atoms with E-state index in [4.69, 9.17) is 23.4 Å². The molecule has 0 aliphatic rings. The van der Waals surface area contributed by atoms with Crippen LogP contribution in [0.5, 0.6) is 0 Å². The van der Waals surface area contributed by atoms with Crippen LogP contribution in [0.2, 0.25) is 0 Å². The summed E-state index contributed by atoms with van der Waals surface area (Å²) in [6, 6.07) is -0.837. The minimum Gasteiger partial charge on any atom is -0.442 e. The molecule has 26 heavy (non-hydrogen) atoms. The normalized spacial score (nSPS) is 14.0. The number of nitrogens with zero attached hydrogens (tertiary/aromatic N) is 1. The van der Waals surface area contributed by atoms with Crippen LogP contribution in [0.1, 0.15) is 48.5 Å². The van der Waals surface area contributed by atoms with Crippen LogP contribution >= 0.6 is 7.60 Å². The smallest absolute Gasteiger partial charge is 0.442 e. The van der Waals surface area contributed by atoms with Crippen molar-refractivity contribution in [3.8, 4) is 0 Å². The van der Waals surface area contributed by atoms with Crippen LogP contribution in [0, 0.1) is 0 Å². The third-order valence-electron chi connectivity index (χ3n) is 2.56. The zero-order valence-electron chi connectivity index (χ0n) is 16.9. The van der Waals surface area contributed by atoms with Gasteiger partial charge in [-0.2, -0.15) is 0 Å². The predicted molar refractivity (Wildman–Crippen MR) is 95.6 cm³/mol. The summed E-state index contributed by atoms with van der Waals surface area (Å²) in [5.41, 5.74) is -1.62. The standard InChI is InChI=1S/C16H30NO8P/c1-12(10-11-26(20,21-8)22-9)17(13(18)23-15(2,3)4)25-14(19)24-16(5,6)7/h10-12H,1-9H3/b11-10-. The molecule has 0 aliphatic heterocycles. The summed E-state index contributed by atoms with van der Waals surface area (Å²) in [7, 11) is -0.996. The van der Waals surface area contributed by atoms with Crippen LogP contribution in [-0.2, 0) is 27.9 Å². The van der Waals surface area contributed by atoms with E-state index >= 15 is 0 Å². The molecular weight excluding hydrogens is 365 g/mol. The number of ether oxygens (including phenoxy) is 2. The molecule has 9 nitrogen and oxygen atoms in total. The number of hydrogen-bond acceptors (Lipinski definition) is 8. The van der Waals surface area contributed by atoms with Crippen molar-refractivity contribution >= 4 is 19.8 Å². The second-order valence-electron chi connectivity index (χ2n) is 7.35. The summed E-state index contributed by atoms with van der Waals surface area (Å²) in [6.45, 7) is 11.5. The summed E-state index contributed by atoms with van der Waals surface area (Å²) >= 11 is 0. The van der Waals surface area contributed by atoms with Crippen LogP contribution in [0.15, 0.2) is 11.9 Å². The Kier molecular flexibility index (Phi) is 8.82. The molecule has 0 bridgehead atoms. The van der Waals surface area contributed by atoms with Crippen molar-refractivity contribution < 1.29 is 37.5 Å². The van der Waals surface area contributed by atoms with Crippen LogP contribution in [-0.4, -0.2) is 48.8 Å². The zero-order valence-corrected chi connectivity index (χ0v) is 17.8. The van der Waals surface area contributed by atoms with Crippen LogP contribution in [0.25, 0.3) is 0 Å². The van der Waals surface area contributed by atoms with Crippen LogP contribution in [0.3, 0.4) is 0 Å². The first-order chi connectivity index (χ1) is 11.6. The molecule has 10 heteroatoms. The van der Waals surface area contributed by atoms with Crippen molar-refractivity contribution in [3.63, 3.8) is 0 Å². The summed E-state index contributed by atoms with van der Waals surface area (Å²) in [5, 5.41) is 0.686. The average Bonchev–Trinajstić information content (AvgIpc) is 2.46. The van der Waals surface area contributed by atoms with Gasteiger partial charge in [0.2, 0.25) is 0 Å². The number of hydroxylamine groups is 2. The summed E-state index contributed by atoms with van der Waals surface area (Å²) in [5.74, 6) is 1.16. The molecule has 0 rings (SSSR count). The monoisotopic (exact) mass is 395 g/mol. The lowest BCUT2D eigenvalue weighted by atomic mass is 10.2. The summed E-state index contributed by atoms with van der Waals surface area (Å²) in [6.07, 6.45) is -0.655. The van der Waals surface area contributed by atoms with Crippen molar-refractivity contribution in [3.05, 3.63) is 11.9 Å². The van der Waals surface area contributed by atoms with Gasteiger partial charge in [-0.3, -0.25) is 9.40 Å². The Bertz CT molecular complexity index is 554. The fraction of sp³-hybridized carbons (Fsp3) is 0.750. The molecule has 1 unspecified atom stereocenters. The van der Waals surface area contributed by atoms with Crippen molar-refractivity contribution in [2.75, 3.05) is 14.2 Å². The maximum Gasteiger partial charge on any atom is 0.534 e. The number of hydrogen-bond donors (Lipinski definition) is 0. The lowest BCUT2D eigenvalue weighted by Crippen LogP contribution is -2.43. The van der Waals surface area contributed by atoms with Crippen molar-refractivity contribution in [2.24, 2.45) is 0 Å². The van der Waals surface area contributed by atoms with Gasteiger partial charge in [0.05, 0.1) is 6.04 Å². The molecule has 0 aromatic heterocycles. The Morgan fingerprint density at radius 2 is 1.42 bits per heavy atom. The molecule has 152 valence electrons. The molecule has 1 amide bonds. The number of amides is 1.